The molecular formula is C38H59N7O6S. The highest BCUT2D eigenvalue weighted by Crippen LogP contribution is 2.26. The summed E-state index contributed by atoms with van der Waals surface area (Å²) in [6, 6.07) is 6.69. The van der Waals surface area contributed by atoms with E-state index in [2.05, 4.69) is 26.3 Å². The molecule has 1 aliphatic rings. The molecule has 3 rings (SSSR count). The standard InChI is InChI=1S/C38H59N7O6S/c1-9-24(4)32(43-34(47)31-17-13-14-18-45(31)8)35(48)40-28(23(2)3)21-29(42-38(51)44(6)7)36-41-30(22-52-36)33(46)39-27(19-25(5)37(49)50)20-26-15-11-10-12-16-26/h10-12,15-16,22-25,27-29,31-32H,9,13-14,17-21H2,1-8H3,(H,39,46)(H,40,48)(H,42,51)(H,43,47)(H,49,50)/t24-,25-,27+,28+,29+,31+,32-/m0/s1. The van der Waals surface area contributed by atoms with Gasteiger partial charge in [-0.25, -0.2) is 9.78 Å². The maximum atomic E-state index is 13.9. The Hall–Kier alpha value is -4.04. The van der Waals surface area contributed by atoms with Gasteiger partial charge in [0.2, 0.25) is 11.8 Å². The Morgan fingerprint density at radius 1 is 0.981 bits per heavy atom. The van der Waals surface area contributed by atoms with Crippen LogP contribution in [0, 0.1) is 17.8 Å². The quantitative estimate of drug-likeness (QED) is 0.149. The second-order valence-corrected chi connectivity index (χ2v) is 15.7. The van der Waals surface area contributed by atoms with Crippen molar-refractivity contribution in [1.29, 1.82) is 0 Å². The fourth-order valence-electron chi connectivity index (χ4n) is 6.31. The fraction of sp³-hybridized carbons (Fsp3) is 0.632. The van der Waals surface area contributed by atoms with E-state index in [0.717, 1.165) is 31.4 Å². The first-order valence-electron chi connectivity index (χ1n) is 18.4. The fourth-order valence-corrected chi connectivity index (χ4v) is 7.17. The van der Waals surface area contributed by atoms with Crippen LogP contribution in [0.2, 0.25) is 0 Å². The molecule has 0 radical (unpaired) electrons. The number of hydrogen-bond acceptors (Lipinski definition) is 8. The van der Waals surface area contributed by atoms with Crippen molar-refractivity contribution < 1.29 is 29.1 Å². The van der Waals surface area contributed by atoms with Crippen molar-refractivity contribution in [3.63, 3.8) is 0 Å². The molecule has 1 saturated heterocycles. The number of likely N-dealkylation sites (N-methyl/N-ethyl adjacent to an activating group) is 1. The zero-order chi connectivity index (χ0) is 38.5. The lowest BCUT2D eigenvalue weighted by Gasteiger charge is -2.34. The zero-order valence-corrected chi connectivity index (χ0v) is 32.8. The molecule has 2 aromatic rings. The summed E-state index contributed by atoms with van der Waals surface area (Å²) < 4.78 is 0. The number of piperidine rings is 1. The van der Waals surface area contributed by atoms with Gasteiger partial charge >= 0.3 is 12.0 Å². The van der Waals surface area contributed by atoms with Gasteiger partial charge in [0.15, 0.2) is 0 Å². The third kappa shape index (κ3) is 12.6. The van der Waals surface area contributed by atoms with E-state index in [1.807, 2.05) is 70.0 Å². The van der Waals surface area contributed by atoms with E-state index >= 15 is 0 Å². The van der Waals surface area contributed by atoms with E-state index in [0.29, 0.717) is 17.8 Å². The number of aliphatic carboxylic acids is 1. The number of carbonyl (C=O) groups excluding carboxylic acids is 4. The number of likely N-dealkylation sites (tertiary alicyclic amines) is 1. The van der Waals surface area contributed by atoms with Crippen LogP contribution in [0.5, 0.6) is 0 Å². The Balaban J connectivity index is 1.82. The summed E-state index contributed by atoms with van der Waals surface area (Å²) in [5.74, 6) is -2.63. The summed E-state index contributed by atoms with van der Waals surface area (Å²) in [4.78, 5) is 73.5. The molecule has 0 saturated carbocycles. The van der Waals surface area contributed by atoms with E-state index < -0.39 is 42.0 Å². The third-order valence-corrected chi connectivity index (χ3v) is 10.9. The molecule has 2 heterocycles. The smallest absolute Gasteiger partial charge is 0.317 e. The second-order valence-electron chi connectivity index (χ2n) is 14.8. The highest BCUT2D eigenvalue weighted by molar-refractivity contribution is 7.09. The van der Waals surface area contributed by atoms with Crippen molar-refractivity contribution in [3.8, 4) is 0 Å². The SMILES string of the molecule is CC[C@H](C)[C@H](NC(=O)[C@H]1CCCCN1C)C(=O)N[C@H](C[C@@H](NC(=O)N(C)C)c1nc(C(=O)N[C@@H](Cc2ccccc2)C[C@H](C)C(=O)O)cs1)C(C)C. The number of thiazole rings is 1. The summed E-state index contributed by atoms with van der Waals surface area (Å²) in [7, 11) is 5.20. The number of aromatic nitrogens is 1. The summed E-state index contributed by atoms with van der Waals surface area (Å²) in [5, 5.41) is 23.9. The molecule has 288 valence electrons. The Morgan fingerprint density at radius 3 is 2.27 bits per heavy atom. The number of carbonyl (C=O) groups is 5. The van der Waals surface area contributed by atoms with Crippen molar-refractivity contribution in [1.82, 2.24) is 36.1 Å². The van der Waals surface area contributed by atoms with Crippen LogP contribution in [0.3, 0.4) is 0 Å². The van der Waals surface area contributed by atoms with E-state index in [1.165, 1.54) is 16.2 Å². The molecule has 5 N–H and O–H groups in total. The number of urea groups is 1. The van der Waals surface area contributed by atoms with Crippen molar-refractivity contribution in [2.75, 3.05) is 27.7 Å². The van der Waals surface area contributed by atoms with Gasteiger partial charge < -0.3 is 31.3 Å². The minimum atomic E-state index is -0.941. The van der Waals surface area contributed by atoms with Crippen LogP contribution in [0.1, 0.15) is 100 Å². The average molecular weight is 742 g/mol. The topological polar surface area (TPSA) is 173 Å². The van der Waals surface area contributed by atoms with Crippen LogP contribution in [0.15, 0.2) is 35.7 Å². The van der Waals surface area contributed by atoms with Crippen molar-refractivity contribution >= 4 is 41.1 Å². The maximum Gasteiger partial charge on any atom is 0.317 e. The highest BCUT2D eigenvalue weighted by atomic mass is 32.1. The van der Waals surface area contributed by atoms with Gasteiger partial charge in [-0.3, -0.25) is 24.1 Å². The third-order valence-electron chi connectivity index (χ3n) is 9.96. The Labute approximate surface area is 312 Å². The summed E-state index contributed by atoms with van der Waals surface area (Å²) in [6.07, 6.45) is 4.43. The molecule has 0 unspecified atom stereocenters. The lowest BCUT2D eigenvalue weighted by Crippen LogP contribution is -2.57. The van der Waals surface area contributed by atoms with Gasteiger partial charge in [0.05, 0.1) is 18.0 Å². The first-order chi connectivity index (χ1) is 24.6. The maximum absolute atomic E-state index is 13.9. The van der Waals surface area contributed by atoms with Gasteiger partial charge in [-0.15, -0.1) is 11.3 Å². The minimum Gasteiger partial charge on any atom is -0.481 e. The van der Waals surface area contributed by atoms with Crippen LogP contribution in [0.4, 0.5) is 4.79 Å². The van der Waals surface area contributed by atoms with Gasteiger partial charge in [0, 0.05) is 31.6 Å². The average Bonchev–Trinajstić information content (AvgIpc) is 3.60. The van der Waals surface area contributed by atoms with E-state index in [4.69, 9.17) is 0 Å². The van der Waals surface area contributed by atoms with Crippen molar-refractivity contribution in [2.24, 2.45) is 17.8 Å². The number of carboxylic acids is 1. The number of amides is 5. The van der Waals surface area contributed by atoms with Crippen LogP contribution < -0.4 is 21.3 Å². The molecule has 1 aromatic heterocycles. The number of nitrogens with one attached hydrogen (secondary N) is 4. The van der Waals surface area contributed by atoms with E-state index in [1.54, 1.807) is 26.4 Å². The molecule has 52 heavy (non-hydrogen) atoms. The number of hydrogen-bond donors (Lipinski definition) is 5. The van der Waals surface area contributed by atoms with Gasteiger partial charge in [0.1, 0.15) is 16.7 Å². The molecular weight excluding hydrogens is 683 g/mol. The lowest BCUT2D eigenvalue weighted by atomic mass is 9.93. The zero-order valence-electron chi connectivity index (χ0n) is 32.0. The highest BCUT2D eigenvalue weighted by Gasteiger charge is 2.34. The van der Waals surface area contributed by atoms with Crippen LogP contribution in [0.25, 0.3) is 0 Å². The van der Waals surface area contributed by atoms with Gasteiger partial charge in [-0.2, -0.15) is 0 Å². The van der Waals surface area contributed by atoms with Crippen LogP contribution in [-0.2, 0) is 20.8 Å². The first-order valence-corrected chi connectivity index (χ1v) is 19.3. The molecule has 0 bridgehead atoms. The molecule has 5 amide bonds. The van der Waals surface area contributed by atoms with Gasteiger partial charge in [-0.1, -0.05) is 77.8 Å². The van der Waals surface area contributed by atoms with Crippen LogP contribution >= 0.6 is 11.3 Å². The monoisotopic (exact) mass is 741 g/mol. The molecule has 0 aliphatic carbocycles. The van der Waals surface area contributed by atoms with E-state index in [-0.39, 0.29) is 54.3 Å². The van der Waals surface area contributed by atoms with Gasteiger partial charge in [0.25, 0.3) is 5.91 Å². The summed E-state index contributed by atoms with van der Waals surface area (Å²) >= 11 is 1.23. The predicted octanol–water partition coefficient (Wildman–Crippen LogP) is 4.45. The number of carboxylic acid groups (broad SMARTS) is 1. The molecule has 1 fully saturated rings. The number of rotatable bonds is 18. The molecule has 13 nitrogen and oxygen atoms in total. The molecule has 14 heteroatoms. The lowest BCUT2D eigenvalue weighted by molar-refractivity contribution is -0.141. The molecule has 1 aromatic carbocycles. The normalized spacial score (nSPS) is 18.3. The number of nitrogens with zero attached hydrogens (tertiary/aromatic N) is 3. The Morgan fingerprint density at radius 2 is 1.67 bits per heavy atom. The predicted molar refractivity (Wildman–Crippen MR) is 203 cm³/mol. The Bertz CT molecular complexity index is 1490. The van der Waals surface area contributed by atoms with Crippen molar-refractivity contribution in [2.45, 2.75) is 110 Å². The Kier molecular flexibility index (Phi) is 16.5. The largest absolute Gasteiger partial charge is 0.481 e. The summed E-state index contributed by atoms with van der Waals surface area (Å²) in [5.41, 5.74) is 1.12. The molecule has 7 atom stereocenters. The number of benzene rings is 1. The summed E-state index contributed by atoms with van der Waals surface area (Å²) in [6.45, 7) is 10.4. The minimum absolute atomic E-state index is 0.0434. The van der Waals surface area contributed by atoms with E-state index in [9.17, 15) is 29.1 Å². The van der Waals surface area contributed by atoms with Gasteiger partial charge in [-0.05, 0) is 63.1 Å². The second kappa shape index (κ2) is 20.3. The van der Waals surface area contributed by atoms with Crippen LogP contribution in [-0.4, -0.2) is 101 Å². The van der Waals surface area contributed by atoms with Crippen molar-refractivity contribution in [3.05, 3.63) is 52.0 Å². The molecule has 1 aliphatic heterocycles. The molecule has 0 spiro atoms. The first kappa shape index (κ1) is 42.4.